The first-order valence-corrected chi connectivity index (χ1v) is 19.7. The molecule has 0 bridgehead atoms. The Balaban J connectivity index is 2.34. The quantitative estimate of drug-likeness (QED) is 0.0316. The Kier molecular flexibility index (Phi) is 20.9. The molecule has 226 valence electrons. The van der Waals surface area contributed by atoms with E-state index in [1.807, 2.05) is 0 Å². The molecule has 0 saturated heterocycles. The topological polar surface area (TPSA) is 87.5 Å². The van der Waals surface area contributed by atoms with Crippen LogP contribution in [0.1, 0.15) is 142 Å². The summed E-state index contributed by atoms with van der Waals surface area (Å²) in [5.74, 6) is 6.15. The molecule has 1 aliphatic rings. The van der Waals surface area contributed by atoms with Gasteiger partial charge in [0.15, 0.2) is 8.32 Å². The van der Waals surface area contributed by atoms with Crippen LogP contribution in [0.25, 0.3) is 10.4 Å². The van der Waals surface area contributed by atoms with Crippen molar-refractivity contribution in [2.45, 2.75) is 179 Å². The summed E-state index contributed by atoms with van der Waals surface area (Å²) >= 11 is 0. The molecular weight excluding hydrogens is 502 g/mol. The summed E-state index contributed by atoms with van der Waals surface area (Å²) in [5, 5.41) is 14.0. The van der Waals surface area contributed by atoms with Crippen molar-refractivity contribution in [3.63, 3.8) is 0 Å². The first-order valence-electron chi connectivity index (χ1n) is 16.3. The van der Waals surface area contributed by atoms with Gasteiger partial charge in [0, 0.05) is 17.9 Å². The fraction of sp³-hybridized carbons (Fsp3) is 0.938. The van der Waals surface area contributed by atoms with Crippen LogP contribution in [0, 0.1) is 11.8 Å². The lowest BCUT2D eigenvalue weighted by molar-refractivity contribution is -0.0956. The van der Waals surface area contributed by atoms with Gasteiger partial charge in [-0.1, -0.05) is 108 Å². The molecule has 3 atom stereocenters. The van der Waals surface area contributed by atoms with Gasteiger partial charge in [-0.15, -0.1) is 5.92 Å². The number of unbranched alkanes of at least 4 members (excludes halogenated alkanes) is 15. The molecule has 0 aromatic heterocycles. The predicted octanol–water partition coefficient (Wildman–Crippen LogP) is 9.86. The third kappa shape index (κ3) is 18.9. The highest BCUT2D eigenvalue weighted by molar-refractivity contribution is 6.69. The molecule has 39 heavy (non-hydrogen) atoms. The fourth-order valence-corrected chi connectivity index (χ4v) is 7.36. The average Bonchev–Trinajstić information content (AvgIpc) is 3.27. The number of nitrogens with zero attached hydrogens (tertiary/aromatic N) is 3. The second kappa shape index (κ2) is 22.6. The third-order valence-corrected chi connectivity index (χ3v) is 8.73. The van der Waals surface area contributed by atoms with E-state index in [0.717, 1.165) is 57.8 Å². The Labute approximate surface area is 242 Å². The van der Waals surface area contributed by atoms with E-state index in [1.54, 1.807) is 0 Å². The number of azide groups is 1. The summed E-state index contributed by atoms with van der Waals surface area (Å²) in [4.78, 5) is 2.78. The first kappa shape index (κ1) is 36.0. The Morgan fingerprint density at radius 1 is 0.923 bits per heavy atom. The summed E-state index contributed by atoms with van der Waals surface area (Å²) in [6.07, 6.45) is 24.6. The predicted molar refractivity (Wildman–Crippen MR) is 167 cm³/mol. The van der Waals surface area contributed by atoms with Gasteiger partial charge in [0.05, 0.1) is 18.3 Å². The van der Waals surface area contributed by atoms with Crippen LogP contribution in [-0.2, 0) is 9.16 Å². The van der Waals surface area contributed by atoms with E-state index in [2.05, 4.69) is 48.4 Å². The minimum atomic E-state index is -1.73. The molecule has 0 radical (unpaired) electrons. The lowest BCUT2D eigenvalue weighted by atomic mass is 9.92. The first-order chi connectivity index (χ1) is 18.8. The van der Waals surface area contributed by atoms with Gasteiger partial charge in [-0.2, -0.15) is 0 Å². The summed E-state index contributed by atoms with van der Waals surface area (Å²) < 4.78 is 13.2. The molecule has 0 spiro atoms. The zero-order valence-electron chi connectivity index (χ0n) is 26.0. The maximum Gasteiger partial charge on any atom is 0.184 e. The van der Waals surface area contributed by atoms with E-state index < -0.39 is 14.4 Å². The zero-order chi connectivity index (χ0) is 28.7. The van der Waals surface area contributed by atoms with Crippen LogP contribution in [0.15, 0.2) is 5.11 Å². The third-order valence-electron chi connectivity index (χ3n) is 7.71. The van der Waals surface area contributed by atoms with Gasteiger partial charge in [-0.25, -0.2) is 0 Å². The maximum absolute atomic E-state index is 10.5. The van der Waals surface area contributed by atoms with Crippen molar-refractivity contribution in [2.75, 3.05) is 13.2 Å². The van der Waals surface area contributed by atoms with E-state index in [9.17, 15) is 5.11 Å². The van der Waals surface area contributed by atoms with Crippen LogP contribution < -0.4 is 0 Å². The summed E-state index contributed by atoms with van der Waals surface area (Å²) in [6, 6.07) is 0. The van der Waals surface area contributed by atoms with Crippen molar-refractivity contribution in [3.8, 4) is 11.8 Å². The molecule has 0 aromatic rings. The molecule has 0 aliphatic heterocycles. The van der Waals surface area contributed by atoms with Crippen LogP contribution >= 0.6 is 0 Å². The number of rotatable bonds is 24. The highest BCUT2D eigenvalue weighted by atomic mass is 28.4. The molecule has 1 saturated carbocycles. The number of ether oxygens (including phenoxy) is 1. The van der Waals surface area contributed by atoms with Gasteiger partial charge in [0.2, 0.25) is 0 Å². The van der Waals surface area contributed by atoms with Crippen LogP contribution in [0.2, 0.25) is 19.6 Å². The molecule has 1 fully saturated rings. The van der Waals surface area contributed by atoms with Crippen LogP contribution in [-0.4, -0.2) is 44.4 Å². The standard InChI is InChI=1S/C32H61N3O3Si/c1-5-6-7-8-9-10-12-15-18-21-26-32(38-39(2,3)4)27-23-25-31(32)37-29-30(36)24-20-17-14-11-13-16-19-22-28-34-35-33/h30-31,36H,5-19,21-23,25-29H2,1-4H3/t30-,31-,32-/m1/s1. The van der Waals surface area contributed by atoms with Gasteiger partial charge in [-0.05, 0) is 63.7 Å². The molecule has 0 aromatic carbocycles. The van der Waals surface area contributed by atoms with Gasteiger partial charge < -0.3 is 14.3 Å². The van der Waals surface area contributed by atoms with E-state index in [4.69, 9.17) is 14.7 Å². The fourth-order valence-electron chi connectivity index (χ4n) is 5.81. The van der Waals surface area contributed by atoms with Crippen molar-refractivity contribution >= 4 is 8.32 Å². The largest absolute Gasteiger partial charge is 0.410 e. The van der Waals surface area contributed by atoms with Gasteiger partial charge in [0.1, 0.15) is 6.10 Å². The minimum absolute atomic E-state index is 0.0677. The Bertz CT molecular complexity index is 712. The normalized spacial score (nSPS) is 19.9. The maximum atomic E-state index is 10.5. The number of hydrogen-bond acceptors (Lipinski definition) is 4. The lowest BCUT2D eigenvalue weighted by Gasteiger charge is -2.41. The van der Waals surface area contributed by atoms with Crippen molar-refractivity contribution in [1.29, 1.82) is 0 Å². The molecule has 1 N–H and O–H groups in total. The highest BCUT2D eigenvalue weighted by Gasteiger charge is 2.46. The molecule has 0 heterocycles. The van der Waals surface area contributed by atoms with Crippen molar-refractivity contribution < 1.29 is 14.3 Å². The summed E-state index contributed by atoms with van der Waals surface area (Å²) in [6.45, 7) is 10.0. The average molecular weight is 564 g/mol. The molecule has 0 amide bonds. The minimum Gasteiger partial charge on any atom is -0.410 e. The van der Waals surface area contributed by atoms with E-state index in [-0.39, 0.29) is 18.3 Å². The number of hydrogen-bond donors (Lipinski definition) is 1. The number of aliphatic hydroxyl groups is 1. The van der Waals surface area contributed by atoms with Crippen molar-refractivity contribution in [1.82, 2.24) is 0 Å². The van der Waals surface area contributed by atoms with Gasteiger partial charge >= 0.3 is 0 Å². The molecule has 1 rings (SSSR count). The molecular formula is C32H61N3O3Si. The van der Waals surface area contributed by atoms with Gasteiger partial charge in [0.25, 0.3) is 0 Å². The Hall–Kier alpha value is -1.03. The smallest absolute Gasteiger partial charge is 0.184 e. The molecule has 7 heteroatoms. The Morgan fingerprint density at radius 3 is 2.13 bits per heavy atom. The van der Waals surface area contributed by atoms with Crippen molar-refractivity contribution in [3.05, 3.63) is 10.4 Å². The van der Waals surface area contributed by atoms with E-state index in [0.29, 0.717) is 6.54 Å². The van der Waals surface area contributed by atoms with E-state index >= 15 is 0 Å². The SMILES string of the molecule is CCCCCCCCCCCC[C@@]1(O[Si](C)(C)C)CCC[C@H]1OC[C@H](O)C#CCCCCCCCCN=[N+]=[N-]. The highest BCUT2D eigenvalue weighted by Crippen LogP contribution is 2.42. The van der Waals surface area contributed by atoms with Crippen molar-refractivity contribution in [2.24, 2.45) is 5.11 Å². The van der Waals surface area contributed by atoms with Crippen LogP contribution in [0.5, 0.6) is 0 Å². The molecule has 1 aliphatic carbocycles. The van der Waals surface area contributed by atoms with Crippen LogP contribution in [0.3, 0.4) is 0 Å². The lowest BCUT2D eigenvalue weighted by Crippen LogP contribution is -2.49. The number of aliphatic hydroxyl groups excluding tert-OH is 1. The monoisotopic (exact) mass is 563 g/mol. The van der Waals surface area contributed by atoms with E-state index in [1.165, 1.54) is 77.0 Å². The Morgan fingerprint density at radius 2 is 1.51 bits per heavy atom. The van der Waals surface area contributed by atoms with Crippen LogP contribution in [0.4, 0.5) is 0 Å². The summed E-state index contributed by atoms with van der Waals surface area (Å²) in [7, 11) is -1.73. The summed E-state index contributed by atoms with van der Waals surface area (Å²) in [5.41, 5.74) is 8.10. The zero-order valence-corrected chi connectivity index (χ0v) is 27.0. The van der Waals surface area contributed by atoms with Gasteiger partial charge in [-0.3, -0.25) is 0 Å². The molecule has 0 unspecified atom stereocenters. The molecule has 6 nitrogen and oxygen atoms in total. The second-order valence-electron chi connectivity index (χ2n) is 12.6. The second-order valence-corrected chi connectivity index (χ2v) is 17.0.